The molecule has 0 unspecified atom stereocenters. The largest absolute Gasteiger partial charge is 0.274 e. The van der Waals surface area contributed by atoms with Gasteiger partial charge in [0.2, 0.25) is 0 Å². The lowest BCUT2D eigenvalue weighted by Gasteiger charge is -1.95. The van der Waals surface area contributed by atoms with Gasteiger partial charge in [0.25, 0.3) is 0 Å². The van der Waals surface area contributed by atoms with Crippen LogP contribution in [0.3, 0.4) is 0 Å². The number of rotatable bonds is 3. The molecular weight excluding hydrogens is 202 g/mol. The molecule has 1 aliphatic rings. The maximum atomic E-state index is 4.61. The van der Waals surface area contributed by atoms with Crippen LogP contribution in [0, 0.1) is 0 Å². The van der Waals surface area contributed by atoms with E-state index < -0.39 is 0 Å². The van der Waals surface area contributed by atoms with Crippen molar-refractivity contribution in [2.75, 3.05) is 5.75 Å². The van der Waals surface area contributed by atoms with E-state index in [4.69, 9.17) is 0 Å². The van der Waals surface area contributed by atoms with Crippen LogP contribution in [0.25, 0.3) is 6.08 Å². The first-order valence-corrected chi connectivity index (χ1v) is 6.31. The molecular formula is C13H15NS. The van der Waals surface area contributed by atoms with Gasteiger partial charge in [-0.05, 0) is 18.1 Å². The Labute approximate surface area is 95.3 Å². The zero-order chi connectivity index (χ0) is 10.5. The third-order valence-electron chi connectivity index (χ3n) is 2.42. The highest BCUT2D eigenvalue weighted by molar-refractivity contribution is 8.14. The summed E-state index contributed by atoms with van der Waals surface area (Å²) in [5.74, 6) is 1.14. The van der Waals surface area contributed by atoms with E-state index in [1.165, 1.54) is 10.6 Å². The van der Waals surface area contributed by atoms with Crippen LogP contribution in [0.15, 0.2) is 41.4 Å². The Morgan fingerprint density at radius 3 is 2.80 bits per heavy atom. The van der Waals surface area contributed by atoms with E-state index in [9.17, 15) is 0 Å². The number of nitrogens with zero attached hydrogens (tertiary/aromatic N) is 1. The molecule has 0 fully saturated rings. The van der Waals surface area contributed by atoms with E-state index in [0.29, 0.717) is 6.04 Å². The summed E-state index contributed by atoms with van der Waals surface area (Å²) in [5.41, 5.74) is 1.24. The van der Waals surface area contributed by atoms with Crippen molar-refractivity contribution in [2.45, 2.75) is 19.4 Å². The van der Waals surface area contributed by atoms with Crippen molar-refractivity contribution in [3.05, 3.63) is 42.0 Å². The SMILES string of the molecule is CC[C@H]1CSC(/C=C/c2ccccc2)=N1. The minimum Gasteiger partial charge on any atom is -0.274 e. The van der Waals surface area contributed by atoms with Gasteiger partial charge in [-0.2, -0.15) is 0 Å². The van der Waals surface area contributed by atoms with Gasteiger partial charge >= 0.3 is 0 Å². The lowest BCUT2D eigenvalue weighted by Crippen LogP contribution is -1.99. The molecule has 0 aromatic heterocycles. The van der Waals surface area contributed by atoms with Crippen LogP contribution in [0.5, 0.6) is 0 Å². The van der Waals surface area contributed by atoms with Crippen molar-refractivity contribution in [1.29, 1.82) is 0 Å². The normalized spacial score (nSPS) is 20.9. The highest BCUT2D eigenvalue weighted by atomic mass is 32.2. The molecule has 0 spiro atoms. The highest BCUT2D eigenvalue weighted by Crippen LogP contribution is 2.21. The second-order valence-corrected chi connectivity index (χ2v) is 4.62. The summed E-state index contributed by atoms with van der Waals surface area (Å²) in [6.45, 7) is 2.19. The third kappa shape index (κ3) is 2.96. The molecule has 0 amide bonds. The molecule has 0 aliphatic carbocycles. The summed E-state index contributed by atoms with van der Waals surface area (Å²) in [4.78, 5) is 4.61. The molecule has 78 valence electrons. The number of aliphatic imine (C=N–C) groups is 1. The molecule has 2 heteroatoms. The van der Waals surface area contributed by atoms with Crippen molar-refractivity contribution < 1.29 is 0 Å². The van der Waals surface area contributed by atoms with E-state index in [2.05, 4.69) is 48.3 Å². The fourth-order valence-corrected chi connectivity index (χ4v) is 2.53. The molecule has 1 aromatic carbocycles. The van der Waals surface area contributed by atoms with Crippen molar-refractivity contribution in [2.24, 2.45) is 4.99 Å². The lowest BCUT2D eigenvalue weighted by molar-refractivity contribution is 0.738. The Morgan fingerprint density at radius 2 is 2.13 bits per heavy atom. The summed E-state index contributed by atoms with van der Waals surface area (Å²) in [5, 5.41) is 1.17. The fourth-order valence-electron chi connectivity index (χ4n) is 1.47. The van der Waals surface area contributed by atoms with Crippen molar-refractivity contribution in [1.82, 2.24) is 0 Å². The van der Waals surface area contributed by atoms with E-state index in [-0.39, 0.29) is 0 Å². The standard InChI is InChI=1S/C13H15NS/c1-2-12-10-15-13(14-12)9-8-11-6-4-3-5-7-11/h3-9,12H,2,10H2,1H3/b9-8+/t12-/m0/s1. The second-order valence-electron chi connectivity index (χ2n) is 3.58. The van der Waals surface area contributed by atoms with Crippen molar-refractivity contribution in [3.8, 4) is 0 Å². The highest BCUT2D eigenvalue weighted by Gasteiger charge is 2.13. The molecule has 1 atom stereocenters. The lowest BCUT2D eigenvalue weighted by atomic mass is 10.2. The molecule has 0 N–H and O–H groups in total. The molecule has 1 heterocycles. The summed E-state index contributed by atoms with van der Waals surface area (Å²) in [6.07, 6.45) is 5.40. The van der Waals surface area contributed by atoms with Gasteiger partial charge in [0.05, 0.1) is 11.1 Å². The van der Waals surface area contributed by atoms with Gasteiger partial charge < -0.3 is 0 Å². The zero-order valence-electron chi connectivity index (χ0n) is 8.89. The predicted octanol–water partition coefficient (Wildman–Crippen LogP) is 3.62. The zero-order valence-corrected chi connectivity index (χ0v) is 9.70. The van der Waals surface area contributed by atoms with Gasteiger partial charge in [0, 0.05) is 5.75 Å². The van der Waals surface area contributed by atoms with Crippen LogP contribution in [-0.4, -0.2) is 16.8 Å². The first kappa shape index (κ1) is 10.5. The maximum Gasteiger partial charge on any atom is 0.0909 e. The van der Waals surface area contributed by atoms with Gasteiger partial charge in [-0.1, -0.05) is 43.3 Å². The van der Waals surface area contributed by atoms with Gasteiger partial charge in [-0.3, -0.25) is 4.99 Å². The quantitative estimate of drug-likeness (QED) is 0.753. The first-order chi connectivity index (χ1) is 7.38. The molecule has 0 saturated carbocycles. The first-order valence-electron chi connectivity index (χ1n) is 5.32. The minimum absolute atomic E-state index is 0.533. The van der Waals surface area contributed by atoms with Crippen LogP contribution in [0.1, 0.15) is 18.9 Å². The van der Waals surface area contributed by atoms with Crippen LogP contribution in [-0.2, 0) is 0 Å². The van der Waals surface area contributed by atoms with E-state index in [1.54, 1.807) is 0 Å². The Balaban J connectivity index is 2.01. The average molecular weight is 217 g/mol. The predicted molar refractivity (Wildman–Crippen MR) is 69.4 cm³/mol. The van der Waals surface area contributed by atoms with Gasteiger partial charge in [0.15, 0.2) is 0 Å². The monoisotopic (exact) mass is 217 g/mol. The molecule has 0 bridgehead atoms. The molecule has 2 rings (SSSR count). The number of thioether (sulfide) groups is 1. The Bertz CT molecular complexity index is 367. The van der Waals surface area contributed by atoms with E-state index >= 15 is 0 Å². The van der Waals surface area contributed by atoms with Crippen molar-refractivity contribution in [3.63, 3.8) is 0 Å². The summed E-state index contributed by atoms with van der Waals surface area (Å²) >= 11 is 1.86. The molecule has 0 radical (unpaired) electrons. The molecule has 1 aliphatic heterocycles. The van der Waals surface area contributed by atoms with Crippen LogP contribution < -0.4 is 0 Å². The number of benzene rings is 1. The Hall–Kier alpha value is -1.02. The molecule has 15 heavy (non-hydrogen) atoms. The van der Waals surface area contributed by atoms with E-state index in [0.717, 1.165) is 12.2 Å². The molecule has 0 saturated heterocycles. The number of hydrogen-bond acceptors (Lipinski definition) is 2. The Morgan fingerprint density at radius 1 is 1.33 bits per heavy atom. The topological polar surface area (TPSA) is 12.4 Å². The molecule has 1 nitrogen and oxygen atoms in total. The van der Waals surface area contributed by atoms with Crippen LogP contribution in [0.4, 0.5) is 0 Å². The Kier molecular flexibility index (Phi) is 3.62. The maximum absolute atomic E-state index is 4.61. The second kappa shape index (κ2) is 5.17. The van der Waals surface area contributed by atoms with Crippen molar-refractivity contribution >= 4 is 22.9 Å². The third-order valence-corrected chi connectivity index (χ3v) is 3.51. The fraction of sp³-hybridized carbons (Fsp3) is 0.308. The van der Waals surface area contributed by atoms with Crippen LogP contribution in [0.2, 0.25) is 0 Å². The van der Waals surface area contributed by atoms with E-state index in [1.807, 2.05) is 17.8 Å². The smallest absolute Gasteiger partial charge is 0.0909 e. The molecule has 1 aromatic rings. The summed E-state index contributed by atoms with van der Waals surface area (Å²) in [6, 6.07) is 10.9. The number of hydrogen-bond donors (Lipinski definition) is 0. The average Bonchev–Trinajstić information content (AvgIpc) is 2.76. The van der Waals surface area contributed by atoms with Crippen LogP contribution >= 0.6 is 11.8 Å². The minimum atomic E-state index is 0.533. The van der Waals surface area contributed by atoms with Gasteiger partial charge in [-0.15, -0.1) is 11.8 Å². The summed E-state index contributed by atoms with van der Waals surface area (Å²) in [7, 11) is 0. The van der Waals surface area contributed by atoms with Gasteiger partial charge in [-0.25, -0.2) is 0 Å². The summed E-state index contributed by atoms with van der Waals surface area (Å²) < 4.78 is 0. The van der Waals surface area contributed by atoms with Gasteiger partial charge in [0.1, 0.15) is 0 Å².